The number of nitrogen functional groups attached to an aromatic ring is 1. The average Bonchev–Trinajstić information content (AvgIpc) is 3.81. The maximum atomic E-state index is 12.6. The molecule has 1 aliphatic heterocycles. The van der Waals surface area contributed by atoms with Crippen molar-refractivity contribution in [3.8, 4) is 0 Å². The number of aromatic nitrogens is 4. The number of anilines is 1. The van der Waals surface area contributed by atoms with Gasteiger partial charge in [0.1, 0.15) is 36.3 Å². The predicted molar refractivity (Wildman–Crippen MR) is 258 cm³/mol. The van der Waals surface area contributed by atoms with Crippen LogP contribution in [0, 0.1) is 5.41 Å². The molecule has 3 rings (SSSR count). The topological polar surface area (TPSA) is 482 Å². The van der Waals surface area contributed by atoms with Crippen LogP contribution in [0.3, 0.4) is 0 Å². The van der Waals surface area contributed by atoms with Crippen LogP contribution in [0.2, 0.25) is 0 Å². The van der Waals surface area contributed by atoms with Gasteiger partial charge < -0.3 is 82.9 Å². The van der Waals surface area contributed by atoms with Gasteiger partial charge in [0.2, 0.25) is 11.8 Å². The zero-order chi connectivity index (χ0) is 49.7. The minimum Gasteiger partial charge on any atom is -0.756 e. The van der Waals surface area contributed by atoms with Crippen molar-refractivity contribution in [3.05, 3.63) is 37.0 Å². The maximum Gasteiger partial charge on any atom is 0.274 e. The van der Waals surface area contributed by atoms with Gasteiger partial charge in [0.05, 0.1) is 19.5 Å². The first-order valence-corrected chi connectivity index (χ1v) is 27.3. The highest BCUT2D eigenvalue weighted by molar-refractivity contribution is 8.13. The summed E-state index contributed by atoms with van der Waals surface area (Å²) in [7, 11) is -17.3. The van der Waals surface area contributed by atoms with Gasteiger partial charge in [0.15, 0.2) is 22.8 Å². The second kappa shape index (κ2) is 32.9. The van der Waals surface area contributed by atoms with Crippen molar-refractivity contribution in [1.82, 2.24) is 48.6 Å². The highest BCUT2D eigenvalue weighted by Crippen LogP contribution is 2.56. The Morgan fingerprint density at radius 2 is 1.54 bits per heavy atom. The Bertz CT molecular complexity index is 2100. The summed E-state index contributed by atoms with van der Waals surface area (Å²) in [5.74, 6) is -1.13. The second-order valence-corrected chi connectivity index (χ2v) is 21.5. The highest BCUT2D eigenvalue weighted by Gasteiger charge is 2.48. The second-order valence-electron chi connectivity index (χ2n) is 16.2. The minimum atomic E-state index is -5.90. The van der Waals surface area contributed by atoms with E-state index in [1.165, 1.54) is 33.1 Å². The van der Waals surface area contributed by atoms with E-state index in [0.717, 1.165) is 80.4 Å². The average molecular weight is 1080 g/mol. The van der Waals surface area contributed by atoms with Crippen LogP contribution in [0.5, 0.6) is 0 Å². The van der Waals surface area contributed by atoms with Gasteiger partial charge in [0, 0.05) is 37.1 Å². The standard InChI is InChI=1S/C39H66N7O17P3S.3H3N/c1-4-5-6-7-8-9-10-11-12-13-14-15-16-17-18-19-30(48)67-23-22-41-29(47)20-21-42-37(51)34(50)39(2,3)25-60-66(57,58)63-65(55,56)59-24-28-33(62-64(52,53)54)32(49)38(61-28)46-27-45-31-35(40)43-26-44-36(31)46;;;/h8-9,11-12,26-28,32-34,38,49-50H,4-7,10,13-25H2,1-3H3,(H,41,47)(H,42,51)(H,55,56)(H,57,58)(H2,40,43,44)(H2,52,53,54);3*1H3/b9-8-,12-11-;;;/t28-,32?,33+,34+,38-;;;/m1.../s1. The molecule has 4 unspecified atom stereocenters. The predicted octanol–water partition coefficient (Wildman–Crippen LogP) is 3.71. The zero-order valence-corrected chi connectivity index (χ0v) is 44.3. The van der Waals surface area contributed by atoms with Gasteiger partial charge in [-0.25, -0.2) is 19.3 Å². The van der Waals surface area contributed by atoms with Crippen LogP contribution in [0.25, 0.3) is 11.2 Å². The fraction of sp³-hybridized carbons (Fsp3) is 0.692. The summed E-state index contributed by atoms with van der Waals surface area (Å²) >= 11 is 1.13. The molecule has 2 amide bonds. The van der Waals surface area contributed by atoms with Crippen LogP contribution in [-0.4, -0.2) is 108 Å². The van der Waals surface area contributed by atoms with E-state index in [1.54, 1.807) is 0 Å². The van der Waals surface area contributed by atoms with Crippen molar-refractivity contribution in [3.63, 3.8) is 0 Å². The molecule has 27 nitrogen and oxygen atoms in total. The number of hydrogen-bond donors (Lipinski definition) is 9. The highest BCUT2D eigenvalue weighted by atomic mass is 32.2. The largest absolute Gasteiger partial charge is 0.756 e. The Morgan fingerprint density at radius 1 is 0.914 bits per heavy atom. The molecule has 404 valence electrons. The lowest BCUT2D eigenvalue weighted by molar-refractivity contribution is -0.247. The Kier molecular flexibility index (Phi) is 31.4. The van der Waals surface area contributed by atoms with Gasteiger partial charge in [-0.15, -0.1) is 0 Å². The quantitative estimate of drug-likeness (QED) is 0.0279. The van der Waals surface area contributed by atoms with E-state index in [0.29, 0.717) is 12.2 Å². The number of nitrogens with two attached hydrogens (primary N) is 1. The number of phosphoric ester groups is 3. The summed E-state index contributed by atoms with van der Waals surface area (Å²) < 4.78 is 61.1. The Balaban J connectivity index is 0.0000159. The number of phosphoric acid groups is 3. The van der Waals surface area contributed by atoms with Gasteiger partial charge >= 0.3 is 0 Å². The summed E-state index contributed by atoms with van der Waals surface area (Å²) in [6.07, 6.45) is 14.0. The summed E-state index contributed by atoms with van der Waals surface area (Å²) in [4.78, 5) is 94.8. The number of ether oxygens (including phenoxy) is 1. The van der Waals surface area contributed by atoms with Crippen LogP contribution in [0.1, 0.15) is 110 Å². The lowest BCUT2D eigenvalue weighted by Crippen LogP contribution is -2.46. The van der Waals surface area contributed by atoms with Crippen molar-refractivity contribution >= 4 is 69.1 Å². The van der Waals surface area contributed by atoms with E-state index in [2.05, 4.69) is 74.7 Å². The zero-order valence-electron chi connectivity index (χ0n) is 40.8. The molecule has 0 spiro atoms. The SMILES string of the molecule is CCCCC/C=C\C/C=C\CCCCCCCC(=O)SCCNC(=O)CCNC(=O)[C@H](O)C(C)(C)COP(=O)([O-])OP(=O)([O-])OC[C@H]1O[C@@H](n2cnc3c(N)ncnc32)C(O)[C@H]1OP(=O)([O-])O.[NH4+].[NH4+].[NH4+]. The molecule has 2 aromatic rings. The van der Waals surface area contributed by atoms with Crippen LogP contribution in [0.15, 0.2) is 37.0 Å². The lowest BCUT2D eigenvalue weighted by atomic mass is 9.87. The number of quaternary nitrogens is 3. The molecule has 0 aromatic carbocycles. The first kappa shape index (κ1) is 66.9. The number of unbranched alkanes of at least 4 members (excludes halogenated alkanes) is 8. The summed E-state index contributed by atoms with van der Waals surface area (Å²) in [6, 6.07) is 0. The number of carbonyl (C=O) groups excluding carboxylic acids is 3. The molecule has 0 bridgehead atoms. The molecular formula is C39H75N10O17P3S. The molecule has 1 aliphatic rings. The fourth-order valence-electron chi connectivity index (χ4n) is 6.43. The maximum absolute atomic E-state index is 12.6. The van der Waals surface area contributed by atoms with Crippen molar-refractivity contribution in [2.24, 2.45) is 5.41 Å². The van der Waals surface area contributed by atoms with E-state index in [4.69, 9.17) is 10.5 Å². The number of allylic oxidation sites excluding steroid dienone is 4. The molecule has 0 aliphatic carbocycles. The number of aliphatic hydroxyl groups is 2. The molecule has 0 radical (unpaired) electrons. The summed E-state index contributed by atoms with van der Waals surface area (Å²) in [5.41, 5.74) is 4.13. The number of nitrogens with one attached hydrogen (secondary N) is 2. The Hall–Kier alpha value is -3.08. The summed E-state index contributed by atoms with van der Waals surface area (Å²) in [5, 5.41) is 26.5. The van der Waals surface area contributed by atoms with E-state index in [1.807, 2.05) is 0 Å². The van der Waals surface area contributed by atoms with Crippen LogP contribution in [-0.2, 0) is 50.7 Å². The summed E-state index contributed by atoms with van der Waals surface area (Å²) in [6.45, 7) is 2.41. The fourth-order valence-corrected chi connectivity index (χ4v) is 9.90. The number of imidazole rings is 1. The first-order chi connectivity index (χ1) is 31.6. The van der Waals surface area contributed by atoms with Crippen LogP contribution >= 0.6 is 35.2 Å². The molecule has 1 saturated heterocycles. The van der Waals surface area contributed by atoms with E-state index >= 15 is 0 Å². The van der Waals surface area contributed by atoms with Gasteiger partial charge in [0.25, 0.3) is 23.5 Å². The molecule has 0 saturated carbocycles. The van der Waals surface area contributed by atoms with E-state index < -0.39 is 84.6 Å². The molecule has 3 heterocycles. The van der Waals surface area contributed by atoms with Gasteiger partial charge in [-0.1, -0.05) is 88.9 Å². The van der Waals surface area contributed by atoms with Crippen molar-refractivity contribution in [1.29, 1.82) is 0 Å². The number of hydrogen-bond acceptors (Lipinski definition) is 21. The van der Waals surface area contributed by atoms with Crippen LogP contribution in [0.4, 0.5) is 5.82 Å². The number of amides is 2. The number of nitrogens with zero attached hydrogens (tertiary/aromatic N) is 4. The third kappa shape index (κ3) is 24.6. The van der Waals surface area contributed by atoms with E-state index in [9.17, 15) is 57.9 Å². The molecule has 2 aromatic heterocycles. The van der Waals surface area contributed by atoms with Gasteiger partial charge in [-0.2, -0.15) is 0 Å². The van der Waals surface area contributed by atoms with E-state index in [-0.39, 0.29) is 60.1 Å². The smallest absolute Gasteiger partial charge is 0.274 e. The van der Waals surface area contributed by atoms with Crippen LogP contribution < -0.4 is 49.5 Å². The normalized spacial score (nSPS) is 20.1. The molecule has 1 fully saturated rings. The number of fused-ring (bicyclic) bond motifs is 1. The molecular weight excluding hydrogens is 1010 g/mol. The third-order valence-corrected chi connectivity index (χ3v) is 14.0. The Morgan fingerprint density at radius 3 is 2.20 bits per heavy atom. The molecule has 8 atom stereocenters. The number of carbonyl (C=O) groups is 3. The van der Waals surface area contributed by atoms with Crippen molar-refractivity contribution < 1.29 is 80.5 Å². The first-order valence-electron chi connectivity index (χ1n) is 21.8. The number of aliphatic hydroxyl groups excluding tert-OH is 2. The molecule has 19 N–H and O–H groups in total. The minimum absolute atomic E-state index is 0. The number of thioether (sulfide) groups is 1. The van der Waals surface area contributed by atoms with Gasteiger partial charge in [-0.3, -0.25) is 32.6 Å². The van der Waals surface area contributed by atoms with Gasteiger partial charge in [-0.05, 0) is 38.5 Å². The molecule has 31 heteroatoms. The molecule has 70 heavy (non-hydrogen) atoms. The monoisotopic (exact) mass is 1080 g/mol. The van der Waals surface area contributed by atoms with Crippen molar-refractivity contribution in [2.75, 3.05) is 37.8 Å². The Labute approximate surface area is 412 Å². The number of rotatable bonds is 33. The lowest BCUT2D eigenvalue weighted by Gasteiger charge is -2.35. The third-order valence-electron chi connectivity index (χ3n) is 10.1. The van der Waals surface area contributed by atoms with Crippen molar-refractivity contribution in [2.45, 2.75) is 135 Å².